The molecule has 1 unspecified atom stereocenters. The lowest BCUT2D eigenvalue weighted by molar-refractivity contribution is -0.118. The van der Waals surface area contributed by atoms with Gasteiger partial charge in [0, 0.05) is 0 Å². The summed E-state index contributed by atoms with van der Waals surface area (Å²) < 4.78 is 0. The number of ketones is 1. The molecule has 0 fully saturated rings. The Kier molecular flexibility index (Phi) is 3.60. The maximum absolute atomic E-state index is 10.5. The number of allylic oxidation sites excluding steroid dienone is 1. The van der Waals surface area contributed by atoms with Crippen molar-refractivity contribution in [3.63, 3.8) is 0 Å². The fourth-order valence-corrected chi connectivity index (χ4v) is 0.464. The first-order chi connectivity index (χ1) is 4.22. The first-order valence-corrected chi connectivity index (χ1v) is 2.71. The number of hydrogen-bond acceptors (Lipinski definition) is 2. The van der Waals surface area contributed by atoms with Crippen LogP contribution in [-0.4, -0.2) is 12.1 Å². The number of carbonyl (C=O) groups excluding carboxylic acids is 2. The monoisotopic (exact) mass is 125 g/mol. The van der Waals surface area contributed by atoms with Gasteiger partial charge in [-0.1, -0.05) is 6.08 Å². The van der Waals surface area contributed by atoms with Crippen LogP contribution in [0.4, 0.5) is 0 Å². The Labute approximate surface area is 54.6 Å². The summed E-state index contributed by atoms with van der Waals surface area (Å²) in [5, 5.41) is 0. The third-order valence-electron chi connectivity index (χ3n) is 1.04. The average molecular weight is 125 g/mol. The molecule has 0 N–H and O–H groups in total. The second-order valence-corrected chi connectivity index (χ2v) is 1.81. The molecule has 1 atom stereocenters. The van der Waals surface area contributed by atoms with Gasteiger partial charge >= 0.3 is 0 Å². The van der Waals surface area contributed by atoms with Crippen LogP contribution in [0.2, 0.25) is 0 Å². The molecular weight excluding hydrogens is 116 g/mol. The molecule has 0 aliphatic carbocycles. The number of carbonyl (C=O) groups is 1. The van der Waals surface area contributed by atoms with Crippen molar-refractivity contribution in [2.75, 3.05) is 0 Å². The molecule has 0 aromatic rings. The van der Waals surface area contributed by atoms with Crippen molar-refractivity contribution < 1.29 is 9.59 Å². The van der Waals surface area contributed by atoms with Crippen LogP contribution >= 0.6 is 0 Å². The van der Waals surface area contributed by atoms with Gasteiger partial charge < -0.3 is 0 Å². The predicted octanol–water partition coefficient (Wildman–Crippen LogP) is 0.877. The summed E-state index contributed by atoms with van der Waals surface area (Å²) in [6.45, 7) is 4.77. The van der Waals surface area contributed by atoms with Gasteiger partial charge in [0.1, 0.15) is 5.78 Å². The molecule has 0 bridgehead atoms. The van der Waals surface area contributed by atoms with E-state index < -0.39 is 5.92 Å². The first kappa shape index (κ1) is 8.08. The van der Waals surface area contributed by atoms with Crippen LogP contribution in [0.1, 0.15) is 13.3 Å². The van der Waals surface area contributed by atoms with Crippen LogP contribution in [0, 0.1) is 5.92 Å². The summed E-state index contributed by atoms with van der Waals surface area (Å²) in [4.78, 5) is 20.4. The summed E-state index contributed by atoms with van der Waals surface area (Å²) in [5.74, 6) is -0.743. The van der Waals surface area contributed by atoms with Crippen LogP contribution < -0.4 is 0 Å². The third-order valence-corrected chi connectivity index (χ3v) is 1.04. The Morgan fingerprint density at radius 1 is 1.89 bits per heavy atom. The molecule has 49 valence electrons. The number of Topliss-reactive ketones (excluding diaryl/α,β-unsaturated/α-hetero) is 1. The zero-order chi connectivity index (χ0) is 7.28. The SMILES string of the molecule is C=CCC([C]=O)C(C)=O. The first-order valence-electron chi connectivity index (χ1n) is 2.71. The van der Waals surface area contributed by atoms with Gasteiger partial charge in [0.25, 0.3) is 0 Å². The smallest absolute Gasteiger partial charge is 0.209 e. The molecule has 0 aliphatic rings. The largest absolute Gasteiger partial charge is 0.299 e. The van der Waals surface area contributed by atoms with Crippen molar-refractivity contribution in [3.8, 4) is 0 Å². The molecule has 0 spiro atoms. The highest BCUT2D eigenvalue weighted by molar-refractivity contribution is 5.91. The topological polar surface area (TPSA) is 34.1 Å². The van der Waals surface area contributed by atoms with Crippen molar-refractivity contribution in [3.05, 3.63) is 12.7 Å². The highest BCUT2D eigenvalue weighted by Gasteiger charge is 2.10. The molecule has 1 radical (unpaired) electrons. The summed E-state index contributed by atoms with van der Waals surface area (Å²) in [6.07, 6.45) is 3.57. The van der Waals surface area contributed by atoms with Crippen molar-refractivity contribution in [2.45, 2.75) is 13.3 Å². The van der Waals surface area contributed by atoms with Crippen molar-refractivity contribution in [1.82, 2.24) is 0 Å². The second kappa shape index (κ2) is 4.01. The fourth-order valence-electron chi connectivity index (χ4n) is 0.464. The van der Waals surface area contributed by atoms with E-state index in [1.165, 1.54) is 13.0 Å². The van der Waals surface area contributed by atoms with Gasteiger partial charge in [-0.2, -0.15) is 0 Å². The van der Waals surface area contributed by atoms with Crippen LogP contribution in [-0.2, 0) is 9.59 Å². The lowest BCUT2D eigenvalue weighted by Gasteiger charge is -1.97. The highest BCUT2D eigenvalue weighted by Crippen LogP contribution is 1.99. The quantitative estimate of drug-likeness (QED) is 0.413. The maximum Gasteiger partial charge on any atom is 0.209 e. The summed E-state index contributed by atoms with van der Waals surface area (Å²) in [5.41, 5.74) is 0. The third kappa shape index (κ3) is 2.80. The zero-order valence-corrected chi connectivity index (χ0v) is 5.39. The molecule has 0 aromatic carbocycles. The van der Waals surface area contributed by atoms with E-state index in [1.54, 1.807) is 6.29 Å². The maximum atomic E-state index is 10.5. The van der Waals surface area contributed by atoms with Crippen LogP contribution in [0.25, 0.3) is 0 Å². The van der Waals surface area contributed by atoms with Gasteiger partial charge in [0.2, 0.25) is 6.29 Å². The van der Waals surface area contributed by atoms with Crippen molar-refractivity contribution in [1.29, 1.82) is 0 Å². The van der Waals surface area contributed by atoms with Gasteiger partial charge in [-0.3, -0.25) is 9.59 Å². The van der Waals surface area contributed by atoms with E-state index in [0.717, 1.165) is 0 Å². The Hall–Kier alpha value is -0.920. The average Bonchev–Trinajstić information content (AvgIpc) is 1.82. The van der Waals surface area contributed by atoms with Crippen LogP contribution in [0.15, 0.2) is 12.7 Å². The second-order valence-electron chi connectivity index (χ2n) is 1.81. The Morgan fingerprint density at radius 2 is 2.44 bits per heavy atom. The van der Waals surface area contributed by atoms with E-state index >= 15 is 0 Å². The normalized spacial score (nSPS) is 12.1. The Bertz CT molecular complexity index is 127. The molecule has 2 nitrogen and oxygen atoms in total. The molecule has 0 rings (SSSR count). The zero-order valence-electron chi connectivity index (χ0n) is 5.39. The van der Waals surface area contributed by atoms with Gasteiger partial charge in [-0.15, -0.1) is 6.58 Å². The molecule has 0 saturated heterocycles. The van der Waals surface area contributed by atoms with E-state index in [0.29, 0.717) is 6.42 Å². The van der Waals surface area contributed by atoms with E-state index in [9.17, 15) is 9.59 Å². The molecule has 2 heteroatoms. The molecule has 9 heavy (non-hydrogen) atoms. The lowest BCUT2D eigenvalue weighted by Crippen LogP contribution is -2.10. The Balaban J connectivity index is 3.81. The van der Waals surface area contributed by atoms with Crippen molar-refractivity contribution >= 4 is 12.1 Å². The lowest BCUT2D eigenvalue weighted by atomic mass is 10.0. The molecule has 0 aromatic heterocycles. The van der Waals surface area contributed by atoms with Crippen LogP contribution in [0.3, 0.4) is 0 Å². The van der Waals surface area contributed by atoms with Gasteiger partial charge in [-0.25, -0.2) is 0 Å². The summed E-state index contributed by atoms with van der Waals surface area (Å²) in [7, 11) is 0. The van der Waals surface area contributed by atoms with Crippen LogP contribution in [0.5, 0.6) is 0 Å². The van der Waals surface area contributed by atoms with E-state index in [4.69, 9.17) is 0 Å². The number of rotatable bonds is 4. The molecule has 0 saturated carbocycles. The van der Waals surface area contributed by atoms with E-state index in [1.807, 2.05) is 0 Å². The molecule has 0 amide bonds. The molecule has 0 heterocycles. The van der Waals surface area contributed by atoms with Gasteiger partial charge in [-0.05, 0) is 13.3 Å². The standard InChI is InChI=1S/C7H9O2/c1-3-4-7(5-8)6(2)9/h3,7H,1,4H2,2H3. The van der Waals surface area contributed by atoms with Crippen molar-refractivity contribution in [2.24, 2.45) is 5.92 Å². The minimum Gasteiger partial charge on any atom is -0.299 e. The van der Waals surface area contributed by atoms with Gasteiger partial charge in [0.15, 0.2) is 0 Å². The minimum absolute atomic E-state index is 0.148. The highest BCUT2D eigenvalue weighted by atomic mass is 16.1. The van der Waals surface area contributed by atoms with E-state index in [-0.39, 0.29) is 5.78 Å². The molecule has 0 aliphatic heterocycles. The predicted molar refractivity (Wildman–Crippen MR) is 34.7 cm³/mol. The fraction of sp³-hybridized carbons (Fsp3) is 0.429. The van der Waals surface area contributed by atoms with Gasteiger partial charge in [0.05, 0.1) is 5.92 Å². The summed E-state index contributed by atoms with van der Waals surface area (Å²) in [6, 6.07) is 0. The minimum atomic E-state index is -0.595. The van der Waals surface area contributed by atoms with E-state index in [2.05, 4.69) is 6.58 Å². The number of hydrogen-bond donors (Lipinski definition) is 0. The molecular formula is C7H9O2. The Morgan fingerprint density at radius 3 is 2.56 bits per heavy atom. The summed E-state index contributed by atoms with van der Waals surface area (Å²) >= 11 is 0.